The maximum absolute atomic E-state index is 4.23. The fraction of sp³-hybridized carbons (Fsp3) is 0.433. The first kappa shape index (κ1) is 23.3. The number of hydrogen-bond acceptors (Lipinski definition) is 0. The van der Waals surface area contributed by atoms with Crippen LogP contribution >= 0.6 is 0 Å². The summed E-state index contributed by atoms with van der Waals surface area (Å²) in [6, 6.07) is 14.1. The van der Waals surface area contributed by atoms with E-state index >= 15 is 0 Å². The molecule has 0 N–H and O–H groups in total. The molecule has 2 aromatic carbocycles. The molecule has 0 fully saturated rings. The van der Waals surface area contributed by atoms with Gasteiger partial charge < -0.3 is 0 Å². The molecule has 0 aliphatic heterocycles. The van der Waals surface area contributed by atoms with Gasteiger partial charge in [0, 0.05) is 17.9 Å². The Morgan fingerprint density at radius 1 is 0.968 bits per heavy atom. The molecule has 0 spiro atoms. The predicted octanol–water partition coefficient (Wildman–Crippen LogP) is 8.02. The van der Waals surface area contributed by atoms with Crippen LogP contribution in [0, 0.1) is 13.8 Å². The fourth-order valence-corrected chi connectivity index (χ4v) is 4.65. The summed E-state index contributed by atoms with van der Waals surface area (Å²) in [5.41, 5.74) is 8.23. The van der Waals surface area contributed by atoms with Crippen molar-refractivity contribution in [3.05, 3.63) is 77.5 Å². The third-order valence-corrected chi connectivity index (χ3v) is 7.11. The Hall–Kier alpha value is -2.41. The van der Waals surface area contributed by atoms with Crippen molar-refractivity contribution in [1.29, 1.82) is 0 Å². The third kappa shape index (κ3) is 4.47. The Morgan fingerprint density at radius 3 is 2.35 bits per heavy atom. The lowest BCUT2D eigenvalue weighted by Crippen LogP contribution is -2.36. The molecule has 0 radical (unpaired) electrons. The predicted molar refractivity (Wildman–Crippen MR) is 136 cm³/mol. The van der Waals surface area contributed by atoms with Gasteiger partial charge in [0.05, 0.1) is 10.9 Å². The van der Waals surface area contributed by atoms with Gasteiger partial charge in [-0.2, -0.15) is 4.57 Å². The van der Waals surface area contributed by atoms with Crippen LogP contribution in [-0.4, -0.2) is 0 Å². The van der Waals surface area contributed by atoms with Gasteiger partial charge >= 0.3 is 0 Å². The van der Waals surface area contributed by atoms with E-state index in [9.17, 15) is 0 Å². The number of hydrogen-bond donors (Lipinski definition) is 0. The second-order valence-corrected chi connectivity index (χ2v) is 9.30. The molecule has 0 amide bonds. The number of benzene rings is 2. The van der Waals surface area contributed by atoms with Crippen LogP contribution in [0.3, 0.4) is 0 Å². The van der Waals surface area contributed by atoms with Crippen molar-refractivity contribution >= 4 is 10.8 Å². The van der Waals surface area contributed by atoms with Gasteiger partial charge in [0.1, 0.15) is 6.54 Å². The van der Waals surface area contributed by atoms with Crippen LogP contribution in [0.15, 0.2) is 55.3 Å². The molecule has 1 aromatic heterocycles. The number of allylic oxidation sites excluding steroid dienone is 1. The summed E-state index contributed by atoms with van der Waals surface area (Å²) in [7, 11) is 0. The molecule has 0 saturated carbocycles. The van der Waals surface area contributed by atoms with Gasteiger partial charge in [-0.25, -0.2) is 0 Å². The van der Waals surface area contributed by atoms with Gasteiger partial charge in [0.2, 0.25) is 5.69 Å². The summed E-state index contributed by atoms with van der Waals surface area (Å²) in [5, 5.41) is 2.77. The van der Waals surface area contributed by atoms with Crippen LogP contribution in [0.1, 0.15) is 75.6 Å². The molecular formula is C30H40N+. The number of aromatic nitrogens is 1. The van der Waals surface area contributed by atoms with Crippen molar-refractivity contribution in [3.8, 4) is 11.3 Å². The fourth-order valence-electron chi connectivity index (χ4n) is 4.65. The van der Waals surface area contributed by atoms with E-state index in [1.165, 1.54) is 57.1 Å². The molecule has 3 aromatic rings. The first-order chi connectivity index (χ1) is 14.9. The number of aryl methyl sites for hydroxylation is 4. The number of rotatable bonds is 9. The molecule has 0 aliphatic carbocycles. The summed E-state index contributed by atoms with van der Waals surface area (Å²) in [5.74, 6) is 0. The van der Waals surface area contributed by atoms with Crippen molar-refractivity contribution in [2.75, 3.05) is 0 Å². The van der Waals surface area contributed by atoms with Crippen LogP contribution in [-0.2, 0) is 18.4 Å². The van der Waals surface area contributed by atoms with E-state index in [-0.39, 0.29) is 5.41 Å². The smallest absolute Gasteiger partial charge is 0.198 e. The highest BCUT2D eigenvalue weighted by atomic mass is 15.0. The van der Waals surface area contributed by atoms with Crippen LogP contribution in [0.4, 0.5) is 0 Å². The summed E-state index contributed by atoms with van der Waals surface area (Å²) in [6.45, 7) is 18.9. The molecule has 0 aliphatic rings. The zero-order valence-corrected chi connectivity index (χ0v) is 20.5. The number of fused-ring (bicyclic) bond motifs is 1. The zero-order chi connectivity index (χ0) is 22.6. The highest BCUT2D eigenvalue weighted by Gasteiger charge is 2.29. The second kappa shape index (κ2) is 9.81. The molecule has 1 nitrogen and oxygen atoms in total. The Kier molecular flexibility index (Phi) is 7.36. The first-order valence-corrected chi connectivity index (χ1v) is 12.1. The lowest BCUT2D eigenvalue weighted by molar-refractivity contribution is -0.685. The van der Waals surface area contributed by atoms with Crippen LogP contribution < -0.4 is 4.57 Å². The molecule has 3 rings (SSSR count). The first-order valence-electron chi connectivity index (χ1n) is 12.1. The Labute approximate surface area is 189 Å². The molecule has 1 heteroatoms. The molecule has 0 bridgehead atoms. The van der Waals surface area contributed by atoms with Gasteiger partial charge in [-0.1, -0.05) is 58.4 Å². The van der Waals surface area contributed by atoms with Crippen molar-refractivity contribution in [2.45, 2.75) is 85.6 Å². The maximum atomic E-state index is 4.23. The SMILES string of the molecule is C=CC(C)(CC)c1cc(C)c(C)cc1-c1c2cccc(CCCC)c2cc[n+]1CCC. The van der Waals surface area contributed by atoms with Crippen molar-refractivity contribution < 1.29 is 4.57 Å². The van der Waals surface area contributed by atoms with Gasteiger partial charge in [0.25, 0.3) is 0 Å². The maximum Gasteiger partial charge on any atom is 0.220 e. The molecule has 1 unspecified atom stereocenters. The normalized spacial score (nSPS) is 13.4. The van der Waals surface area contributed by atoms with Gasteiger partial charge in [-0.3, -0.25) is 0 Å². The van der Waals surface area contributed by atoms with Gasteiger partial charge in [-0.05, 0) is 72.9 Å². The lowest BCUT2D eigenvalue weighted by Gasteiger charge is -2.28. The minimum atomic E-state index is -0.0557. The quantitative estimate of drug-likeness (QED) is 0.246. The number of unbranched alkanes of at least 4 members (excludes halogenated alkanes) is 1. The number of pyridine rings is 1. The summed E-state index contributed by atoms with van der Waals surface area (Å²) in [4.78, 5) is 0. The van der Waals surface area contributed by atoms with Crippen molar-refractivity contribution in [3.63, 3.8) is 0 Å². The van der Waals surface area contributed by atoms with E-state index in [2.05, 4.69) is 101 Å². The average molecular weight is 415 g/mol. The molecule has 1 heterocycles. The zero-order valence-electron chi connectivity index (χ0n) is 20.5. The average Bonchev–Trinajstić information content (AvgIpc) is 2.78. The molecular weight excluding hydrogens is 374 g/mol. The number of nitrogens with zero attached hydrogens (tertiary/aromatic N) is 1. The third-order valence-electron chi connectivity index (χ3n) is 7.11. The van der Waals surface area contributed by atoms with E-state index in [1.807, 2.05) is 0 Å². The minimum Gasteiger partial charge on any atom is -0.198 e. The van der Waals surface area contributed by atoms with Crippen LogP contribution in [0.2, 0.25) is 0 Å². The molecule has 164 valence electrons. The summed E-state index contributed by atoms with van der Waals surface area (Å²) >= 11 is 0. The highest BCUT2D eigenvalue weighted by molar-refractivity contribution is 5.96. The van der Waals surface area contributed by atoms with Gasteiger partial charge in [-0.15, -0.1) is 6.58 Å². The monoisotopic (exact) mass is 414 g/mol. The summed E-state index contributed by atoms with van der Waals surface area (Å²) < 4.78 is 2.47. The molecule has 0 saturated heterocycles. The van der Waals surface area contributed by atoms with E-state index in [0.29, 0.717) is 0 Å². The topological polar surface area (TPSA) is 3.88 Å². The largest absolute Gasteiger partial charge is 0.220 e. The summed E-state index contributed by atoms with van der Waals surface area (Å²) in [6.07, 6.45) is 10.2. The standard InChI is InChI=1S/C30H40N/c1-8-12-14-24-15-13-16-26-25(24)17-19-31(18-9-2)29(26)27-20-22(5)23(6)21-28(27)30(7,10-3)11-4/h10,13,15-17,19-21H,3,8-9,11-12,14,18H2,1-2,4-7H3/q+1. The van der Waals surface area contributed by atoms with E-state index in [4.69, 9.17) is 0 Å². The Bertz CT molecular complexity index is 1080. The van der Waals surface area contributed by atoms with Crippen LogP contribution in [0.5, 0.6) is 0 Å². The van der Waals surface area contributed by atoms with Crippen molar-refractivity contribution in [2.24, 2.45) is 0 Å². The van der Waals surface area contributed by atoms with Crippen molar-refractivity contribution in [1.82, 2.24) is 0 Å². The van der Waals surface area contributed by atoms with Gasteiger partial charge in [0.15, 0.2) is 6.20 Å². The highest BCUT2D eigenvalue weighted by Crippen LogP contribution is 2.39. The van der Waals surface area contributed by atoms with E-state index in [0.717, 1.165) is 25.8 Å². The molecule has 31 heavy (non-hydrogen) atoms. The Morgan fingerprint density at radius 2 is 1.71 bits per heavy atom. The second-order valence-electron chi connectivity index (χ2n) is 9.30. The van der Waals surface area contributed by atoms with E-state index in [1.54, 1.807) is 0 Å². The Balaban J connectivity index is 2.42. The van der Waals surface area contributed by atoms with E-state index < -0.39 is 0 Å². The lowest BCUT2D eigenvalue weighted by atomic mass is 9.75. The van der Waals surface area contributed by atoms with Crippen LogP contribution in [0.25, 0.3) is 22.0 Å². The molecule has 1 atom stereocenters. The minimum absolute atomic E-state index is 0.0557.